The molecule has 4 heteroatoms. The molecule has 1 aromatic heterocycles. The van der Waals surface area contributed by atoms with E-state index in [0.29, 0.717) is 25.4 Å². The topological polar surface area (TPSA) is 68.3 Å². The first-order chi connectivity index (χ1) is 8.76. The molecule has 18 heavy (non-hydrogen) atoms. The molecule has 0 aliphatic rings. The number of nitrogens with two attached hydrogens (primary N) is 1. The van der Waals surface area contributed by atoms with Crippen LogP contribution in [0.3, 0.4) is 0 Å². The van der Waals surface area contributed by atoms with Gasteiger partial charge in [0.15, 0.2) is 0 Å². The van der Waals surface area contributed by atoms with Crippen molar-refractivity contribution in [3.05, 3.63) is 24.2 Å². The number of carbonyl (C=O) groups excluding carboxylic acids is 1. The summed E-state index contributed by atoms with van der Waals surface area (Å²) < 4.78 is 5.16. The second-order valence-electron chi connectivity index (χ2n) is 4.63. The van der Waals surface area contributed by atoms with Crippen molar-refractivity contribution in [1.82, 2.24) is 5.32 Å². The molecular weight excluding hydrogens is 228 g/mol. The Balaban J connectivity index is 2.18. The molecule has 4 nitrogen and oxygen atoms in total. The number of nitrogens with one attached hydrogen (secondary N) is 1. The van der Waals surface area contributed by atoms with Gasteiger partial charge in [0.1, 0.15) is 5.76 Å². The average Bonchev–Trinajstić information content (AvgIpc) is 2.87. The molecule has 0 aromatic carbocycles. The van der Waals surface area contributed by atoms with Crippen molar-refractivity contribution in [3.63, 3.8) is 0 Å². The SMILES string of the molecule is CCCC(CCN)CCC(=O)NCc1ccco1. The Hall–Kier alpha value is -1.29. The molecule has 0 spiro atoms. The summed E-state index contributed by atoms with van der Waals surface area (Å²) in [6.45, 7) is 3.35. The first-order valence-electron chi connectivity index (χ1n) is 6.75. The predicted octanol–water partition coefficient (Wildman–Crippen LogP) is 2.44. The van der Waals surface area contributed by atoms with Crippen LogP contribution in [0.4, 0.5) is 0 Å². The van der Waals surface area contributed by atoms with Crippen LogP contribution in [0.15, 0.2) is 22.8 Å². The normalized spacial score (nSPS) is 12.3. The third-order valence-electron chi connectivity index (χ3n) is 3.09. The lowest BCUT2D eigenvalue weighted by molar-refractivity contribution is -0.121. The van der Waals surface area contributed by atoms with E-state index in [4.69, 9.17) is 10.2 Å². The zero-order valence-electron chi connectivity index (χ0n) is 11.2. The molecule has 0 saturated carbocycles. The minimum absolute atomic E-state index is 0.0875. The molecule has 1 atom stereocenters. The van der Waals surface area contributed by atoms with Crippen LogP contribution < -0.4 is 11.1 Å². The molecular formula is C14H24N2O2. The van der Waals surface area contributed by atoms with Crippen LogP contribution in [0.1, 0.15) is 44.8 Å². The Morgan fingerprint density at radius 1 is 1.44 bits per heavy atom. The van der Waals surface area contributed by atoms with Gasteiger partial charge >= 0.3 is 0 Å². The van der Waals surface area contributed by atoms with E-state index < -0.39 is 0 Å². The Kier molecular flexibility index (Phi) is 7.18. The molecule has 0 radical (unpaired) electrons. The van der Waals surface area contributed by atoms with E-state index in [2.05, 4.69) is 12.2 Å². The van der Waals surface area contributed by atoms with Crippen LogP contribution in [0.25, 0.3) is 0 Å². The number of hydrogen-bond donors (Lipinski definition) is 2. The van der Waals surface area contributed by atoms with Crippen molar-refractivity contribution >= 4 is 5.91 Å². The summed E-state index contributed by atoms with van der Waals surface area (Å²) in [7, 11) is 0. The summed E-state index contributed by atoms with van der Waals surface area (Å²) in [6, 6.07) is 3.68. The molecule has 0 aliphatic heterocycles. The van der Waals surface area contributed by atoms with Gasteiger partial charge in [-0.2, -0.15) is 0 Å². The zero-order chi connectivity index (χ0) is 13.2. The Labute approximate surface area is 109 Å². The third kappa shape index (κ3) is 5.87. The van der Waals surface area contributed by atoms with Crippen molar-refractivity contribution in [2.24, 2.45) is 11.7 Å². The standard InChI is InChI=1S/C14H24N2O2/c1-2-4-12(8-9-15)6-7-14(17)16-11-13-5-3-10-18-13/h3,5,10,12H,2,4,6-9,11,15H2,1H3,(H,16,17). The number of amides is 1. The van der Waals surface area contributed by atoms with Gasteiger partial charge in [0, 0.05) is 6.42 Å². The van der Waals surface area contributed by atoms with Gasteiger partial charge in [0.25, 0.3) is 0 Å². The fourth-order valence-electron chi connectivity index (χ4n) is 2.10. The lowest BCUT2D eigenvalue weighted by Gasteiger charge is -2.14. The minimum Gasteiger partial charge on any atom is -0.467 e. The van der Waals surface area contributed by atoms with Gasteiger partial charge in [0.2, 0.25) is 5.91 Å². The van der Waals surface area contributed by atoms with E-state index in [-0.39, 0.29) is 5.91 Å². The van der Waals surface area contributed by atoms with E-state index in [1.54, 1.807) is 6.26 Å². The molecule has 1 heterocycles. The molecule has 1 amide bonds. The number of furan rings is 1. The van der Waals surface area contributed by atoms with Gasteiger partial charge in [-0.1, -0.05) is 19.8 Å². The van der Waals surface area contributed by atoms with Crippen LogP contribution in [-0.4, -0.2) is 12.5 Å². The highest BCUT2D eigenvalue weighted by atomic mass is 16.3. The van der Waals surface area contributed by atoms with Crippen LogP contribution in [0.2, 0.25) is 0 Å². The first kappa shape index (κ1) is 14.8. The maximum atomic E-state index is 11.7. The molecule has 3 N–H and O–H groups in total. The predicted molar refractivity (Wildman–Crippen MR) is 71.9 cm³/mol. The second-order valence-corrected chi connectivity index (χ2v) is 4.63. The van der Waals surface area contributed by atoms with Crippen LogP contribution in [0, 0.1) is 5.92 Å². The highest BCUT2D eigenvalue weighted by Gasteiger charge is 2.10. The number of hydrogen-bond acceptors (Lipinski definition) is 3. The van der Waals surface area contributed by atoms with Crippen molar-refractivity contribution in [2.45, 2.75) is 45.6 Å². The fraction of sp³-hybridized carbons (Fsp3) is 0.643. The second kappa shape index (κ2) is 8.75. The molecule has 0 fully saturated rings. The maximum absolute atomic E-state index is 11.7. The van der Waals surface area contributed by atoms with Gasteiger partial charge in [0.05, 0.1) is 12.8 Å². The minimum atomic E-state index is 0.0875. The molecule has 1 rings (SSSR count). The Morgan fingerprint density at radius 3 is 2.89 bits per heavy atom. The quantitative estimate of drug-likeness (QED) is 0.709. The van der Waals surface area contributed by atoms with E-state index in [1.165, 1.54) is 0 Å². The average molecular weight is 252 g/mol. The van der Waals surface area contributed by atoms with Crippen molar-refractivity contribution in [2.75, 3.05) is 6.54 Å². The largest absolute Gasteiger partial charge is 0.467 e. The summed E-state index contributed by atoms with van der Waals surface area (Å²) >= 11 is 0. The van der Waals surface area contributed by atoms with Crippen LogP contribution >= 0.6 is 0 Å². The zero-order valence-corrected chi connectivity index (χ0v) is 11.2. The van der Waals surface area contributed by atoms with Gasteiger partial charge in [-0.25, -0.2) is 0 Å². The summed E-state index contributed by atoms with van der Waals surface area (Å²) in [5.74, 6) is 1.45. The van der Waals surface area contributed by atoms with E-state index in [0.717, 1.165) is 31.4 Å². The summed E-state index contributed by atoms with van der Waals surface area (Å²) in [5, 5.41) is 2.86. The lowest BCUT2D eigenvalue weighted by atomic mass is 9.94. The Morgan fingerprint density at radius 2 is 2.28 bits per heavy atom. The van der Waals surface area contributed by atoms with E-state index in [1.807, 2.05) is 12.1 Å². The summed E-state index contributed by atoms with van der Waals surface area (Å²) in [4.78, 5) is 11.7. The van der Waals surface area contributed by atoms with E-state index >= 15 is 0 Å². The number of carbonyl (C=O) groups is 1. The van der Waals surface area contributed by atoms with Crippen LogP contribution in [0.5, 0.6) is 0 Å². The summed E-state index contributed by atoms with van der Waals surface area (Å²) in [5.41, 5.74) is 5.58. The van der Waals surface area contributed by atoms with Gasteiger partial charge in [-0.3, -0.25) is 4.79 Å². The van der Waals surface area contributed by atoms with Crippen molar-refractivity contribution in [1.29, 1.82) is 0 Å². The van der Waals surface area contributed by atoms with Crippen molar-refractivity contribution in [3.8, 4) is 0 Å². The molecule has 1 unspecified atom stereocenters. The molecule has 0 saturated heterocycles. The monoisotopic (exact) mass is 252 g/mol. The molecule has 1 aromatic rings. The Bertz CT molecular complexity index is 317. The lowest BCUT2D eigenvalue weighted by Crippen LogP contribution is -2.23. The highest BCUT2D eigenvalue weighted by Crippen LogP contribution is 2.16. The van der Waals surface area contributed by atoms with Gasteiger partial charge in [-0.15, -0.1) is 0 Å². The first-order valence-corrected chi connectivity index (χ1v) is 6.75. The highest BCUT2D eigenvalue weighted by molar-refractivity contribution is 5.75. The van der Waals surface area contributed by atoms with Gasteiger partial charge < -0.3 is 15.5 Å². The van der Waals surface area contributed by atoms with Crippen LogP contribution in [-0.2, 0) is 11.3 Å². The molecule has 0 bridgehead atoms. The molecule has 0 aliphatic carbocycles. The third-order valence-corrected chi connectivity index (χ3v) is 3.09. The summed E-state index contributed by atoms with van der Waals surface area (Å²) in [6.07, 6.45) is 6.43. The van der Waals surface area contributed by atoms with Crippen molar-refractivity contribution < 1.29 is 9.21 Å². The fourth-order valence-corrected chi connectivity index (χ4v) is 2.10. The van der Waals surface area contributed by atoms with Gasteiger partial charge in [-0.05, 0) is 37.4 Å². The smallest absolute Gasteiger partial charge is 0.220 e. The molecule has 102 valence electrons. The van der Waals surface area contributed by atoms with E-state index in [9.17, 15) is 4.79 Å². The number of rotatable bonds is 9. The maximum Gasteiger partial charge on any atom is 0.220 e.